The van der Waals surface area contributed by atoms with Crippen molar-refractivity contribution < 1.29 is 4.79 Å². The molecule has 3 aromatic rings. The Kier molecular flexibility index (Phi) is 10.6. The van der Waals surface area contributed by atoms with Crippen molar-refractivity contribution in [2.75, 3.05) is 36.8 Å². The van der Waals surface area contributed by atoms with E-state index in [9.17, 15) is 4.79 Å². The third kappa shape index (κ3) is 7.09. The average Bonchev–Trinajstić information content (AvgIpc) is 3.18. The van der Waals surface area contributed by atoms with Crippen molar-refractivity contribution >= 4 is 68.4 Å². The topological polar surface area (TPSA) is 36.4 Å². The van der Waals surface area contributed by atoms with Gasteiger partial charge in [-0.05, 0) is 55.9 Å². The van der Waals surface area contributed by atoms with Crippen molar-refractivity contribution in [2.24, 2.45) is 0 Å². The molecule has 0 saturated carbocycles. The number of fused-ring (bicyclic) bond motifs is 1. The van der Waals surface area contributed by atoms with Gasteiger partial charge in [0.25, 0.3) is 0 Å². The Morgan fingerprint density at radius 3 is 2.45 bits per heavy atom. The molecule has 1 heterocycles. The van der Waals surface area contributed by atoms with Crippen molar-refractivity contribution in [3.05, 3.63) is 53.1 Å². The molecule has 1 aromatic heterocycles. The van der Waals surface area contributed by atoms with E-state index >= 15 is 0 Å². The van der Waals surface area contributed by atoms with Gasteiger partial charge in [0.05, 0.1) is 10.2 Å². The SMILES string of the molecule is CCN(CC)CCN(C(=O)CCSc1ccc(Cl)cc1)c1nc2c(C)cccc2s1.Cl. The number of anilines is 1. The number of aryl methyl sites for hydroxylation is 1. The molecule has 0 N–H and O–H groups in total. The number of hydrogen-bond donors (Lipinski definition) is 0. The Bertz CT molecular complexity index is 975. The Morgan fingerprint density at radius 1 is 1.10 bits per heavy atom. The molecule has 168 valence electrons. The van der Waals surface area contributed by atoms with Gasteiger partial charge in [0.2, 0.25) is 5.91 Å². The number of rotatable bonds is 10. The predicted octanol–water partition coefficient (Wildman–Crippen LogP) is 6.54. The molecule has 0 unspecified atom stereocenters. The lowest BCUT2D eigenvalue weighted by Gasteiger charge is -2.24. The lowest BCUT2D eigenvalue weighted by atomic mass is 10.2. The summed E-state index contributed by atoms with van der Waals surface area (Å²) in [5.74, 6) is 0.854. The first-order valence-electron chi connectivity index (χ1n) is 10.3. The van der Waals surface area contributed by atoms with Gasteiger partial charge in [0, 0.05) is 35.2 Å². The fourth-order valence-electron chi connectivity index (χ4n) is 3.22. The molecule has 0 radical (unpaired) electrons. The third-order valence-electron chi connectivity index (χ3n) is 5.07. The lowest BCUT2D eigenvalue weighted by molar-refractivity contribution is -0.118. The molecule has 3 rings (SSSR count). The maximum absolute atomic E-state index is 13.2. The van der Waals surface area contributed by atoms with Crippen LogP contribution in [-0.4, -0.2) is 47.7 Å². The summed E-state index contributed by atoms with van der Waals surface area (Å²) in [5.41, 5.74) is 2.14. The van der Waals surface area contributed by atoms with E-state index in [1.54, 1.807) is 23.1 Å². The molecule has 31 heavy (non-hydrogen) atoms. The first kappa shape index (κ1) is 25.9. The van der Waals surface area contributed by atoms with Crippen LogP contribution in [0, 0.1) is 6.92 Å². The molecule has 0 spiro atoms. The van der Waals surface area contributed by atoms with Crippen LogP contribution in [-0.2, 0) is 4.79 Å². The summed E-state index contributed by atoms with van der Waals surface area (Å²) in [6.07, 6.45) is 0.473. The zero-order chi connectivity index (χ0) is 21.5. The van der Waals surface area contributed by atoms with Gasteiger partial charge in [0.15, 0.2) is 5.13 Å². The number of aromatic nitrogens is 1. The van der Waals surface area contributed by atoms with Crippen LogP contribution >= 0.6 is 47.1 Å². The van der Waals surface area contributed by atoms with Crippen molar-refractivity contribution in [1.82, 2.24) is 9.88 Å². The number of thioether (sulfide) groups is 1. The number of thiazole rings is 1. The van der Waals surface area contributed by atoms with E-state index in [0.29, 0.717) is 13.0 Å². The van der Waals surface area contributed by atoms with Gasteiger partial charge < -0.3 is 4.90 Å². The zero-order valence-corrected chi connectivity index (χ0v) is 21.3. The normalized spacial score (nSPS) is 11.0. The molecular weight excluding hydrogens is 469 g/mol. The summed E-state index contributed by atoms with van der Waals surface area (Å²) in [6.45, 7) is 9.83. The first-order chi connectivity index (χ1) is 14.5. The summed E-state index contributed by atoms with van der Waals surface area (Å²) in [7, 11) is 0. The molecule has 0 aliphatic rings. The largest absolute Gasteiger partial charge is 0.302 e. The van der Waals surface area contributed by atoms with Gasteiger partial charge in [0.1, 0.15) is 0 Å². The molecule has 0 fully saturated rings. The summed E-state index contributed by atoms with van der Waals surface area (Å²) in [6, 6.07) is 13.9. The molecule has 0 aliphatic carbocycles. The lowest BCUT2D eigenvalue weighted by Crippen LogP contribution is -2.39. The van der Waals surface area contributed by atoms with Crippen LogP contribution in [0.3, 0.4) is 0 Å². The molecule has 0 bridgehead atoms. The average molecular weight is 499 g/mol. The van der Waals surface area contributed by atoms with Crippen molar-refractivity contribution in [3.63, 3.8) is 0 Å². The van der Waals surface area contributed by atoms with E-state index in [0.717, 1.165) is 56.2 Å². The second kappa shape index (κ2) is 12.7. The Balaban J connectivity index is 0.00000341. The van der Waals surface area contributed by atoms with Gasteiger partial charge in [-0.15, -0.1) is 24.2 Å². The molecule has 8 heteroatoms. The maximum Gasteiger partial charge on any atom is 0.229 e. The number of nitrogens with zero attached hydrogens (tertiary/aromatic N) is 3. The highest BCUT2D eigenvalue weighted by molar-refractivity contribution is 7.99. The van der Waals surface area contributed by atoms with Crippen molar-refractivity contribution in [3.8, 4) is 0 Å². The van der Waals surface area contributed by atoms with E-state index in [1.165, 1.54) is 0 Å². The van der Waals surface area contributed by atoms with E-state index < -0.39 is 0 Å². The highest BCUT2D eigenvalue weighted by Gasteiger charge is 2.20. The minimum atomic E-state index is 0. The number of benzene rings is 2. The van der Waals surface area contributed by atoms with Gasteiger partial charge in [-0.2, -0.15) is 0 Å². The van der Waals surface area contributed by atoms with Gasteiger partial charge in [-0.3, -0.25) is 9.69 Å². The Labute approximate surface area is 204 Å². The number of hydrogen-bond acceptors (Lipinski definition) is 5. The molecule has 0 saturated heterocycles. The smallest absolute Gasteiger partial charge is 0.229 e. The summed E-state index contributed by atoms with van der Waals surface area (Å²) in [4.78, 5) is 23.3. The van der Waals surface area contributed by atoms with E-state index in [4.69, 9.17) is 16.6 Å². The van der Waals surface area contributed by atoms with E-state index in [-0.39, 0.29) is 18.3 Å². The highest BCUT2D eigenvalue weighted by atomic mass is 35.5. The number of halogens is 2. The molecule has 0 aliphatic heterocycles. The molecule has 4 nitrogen and oxygen atoms in total. The fraction of sp³-hybridized carbons (Fsp3) is 0.391. The Morgan fingerprint density at radius 2 is 1.81 bits per heavy atom. The number of amides is 1. The van der Waals surface area contributed by atoms with E-state index in [1.807, 2.05) is 35.2 Å². The zero-order valence-electron chi connectivity index (χ0n) is 18.1. The van der Waals surface area contributed by atoms with Crippen LogP contribution in [0.2, 0.25) is 5.02 Å². The van der Waals surface area contributed by atoms with Crippen LogP contribution in [0.5, 0.6) is 0 Å². The van der Waals surface area contributed by atoms with Crippen molar-refractivity contribution in [1.29, 1.82) is 0 Å². The Hall–Kier alpha value is -1.31. The van der Waals surface area contributed by atoms with Gasteiger partial charge in [-0.25, -0.2) is 4.98 Å². The summed E-state index contributed by atoms with van der Waals surface area (Å²) >= 11 is 9.23. The monoisotopic (exact) mass is 497 g/mol. The van der Waals surface area contributed by atoms with Crippen LogP contribution in [0.15, 0.2) is 47.4 Å². The quantitative estimate of drug-likeness (QED) is 0.298. The van der Waals surface area contributed by atoms with E-state index in [2.05, 4.69) is 37.8 Å². The van der Waals surface area contributed by atoms with Crippen LogP contribution < -0.4 is 4.90 Å². The van der Waals surface area contributed by atoms with Crippen LogP contribution in [0.25, 0.3) is 10.2 Å². The number of carbonyl (C=O) groups excluding carboxylic acids is 1. The summed E-state index contributed by atoms with van der Waals surface area (Å²) < 4.78 is 1.13. The number of carbonyl (C=O) groups is 1. The minimum Gasteiger partial charge on any atom is -0.302 e. The molecule has 0 atom stereocenters. The maximum atomic E-state index is 13.2. The predicted molar refractivity (Wildman–Crippen MR) is 139 cm³/mol. The second-order valence-corrected chi connectivity index (χ2v) is 9.66. The number of para-hydroxylation sites is 1. The van der Waals surface area contributed by atoms with Crippen LogP contribution in [0.1, 0.15) is 25.8 Å². The summed E-state index contributed by atoms with van der Waals surface area (Å²) in [5, 5.41) is 1.53. The second-order valence-electron chi connectivity index (χ2n) is 7.04. The minimum absolute atomic E-state index is 0. The first-order valence-corrected chi connectivity index (χ1v) is 12.5. The highest BCUT2D eigenvalue weighted by Crippen LogP contribution is 2.31. The van der Waals surface area contributed by atoms with Crippen molar-refractivity contribution in [2.45, 2.75) is 32.1 Å². The molecular formula is C23H29Cl2N3OS2. The molecule has 1 amide bonds. The standard InChI is InChI=1S/C23H28ClN3OS2.ClH/c1-4-26(5-2)14-15-27(23-25-22-17(3)7-6-8-20(22)30-23)21(28)13-16-29-19-11-9-18(24)10-12-19;/h6-12H,4-5,13-16H2,1-3H3;1H. The third-order valence-corrected chi connectivity index (χ3v) is 7.38. The fourth-order valence-corrected chi connectivity index (χ4v) is 5.27. The van der Waals surface area contributed by atoms with Gasteiger partial charge >= 0.3 is 0 Å². The van der Waals surface area contributed by atoms with Gasteiger partial charge in [-0.1, -0.05) is 48.9 Å². The molecule has 2 aromatic carbocycles. The number of likely N-dealkylation sites (N-methyl/N-ethyl adjacent to an activating group) is 1. The van der Waals surface area contributed by atoms with Crippen LogP contribution in [0.4, 0.5) is 5.13 Å².